The molecule has 82 valence electrons. The summed E-state index contributed by atoms with van der Waals surface area (Å²) in [5, 5.41) is 13.3. The lowest BCUT2D eigenvalue weighted by atomic mass is 10.4. The molecule has 0 atom stereocenters. The zero-order valence-electron chi connectivity index (χ0n) is 8.27. The number of hydrogen-bond donors (Lipinski definition) is 2. The molecule has 15 heavy (non-hydrogen) atoms. The van der Waals surface area contributed by atoms with Crippen LogP contribution in [0.25, 0.3) is 0 Å². The molecule has 7 heteroatoms. The number of likely N-dealkylation sites (N-methyl/N-ethyl adjacent to an activating group) is 1. The van der Waals surface area contributed by atoms with Crippen LogP contribution in [0.2, 0.25) is 0 Å². The summed E-state index contributed by atoms with van der Waals surface area (Å²) < 4.78 is 5.19. The maximum Gasteiger partial charge on any atom is 0.311 e. The molecule has 0 aliphatic rings. The van der Waals surface area contributed by atoms with E-state index in [0.717, 1.165) is 0 Å². The first-order chi connectivity index (χ1) is 7.15. The van der Waals surface area contributed by atoms with Crippen molar-refractivity contribution in [2.24, 2.45) is 0 Å². The Labute approximate surface area is 86.4 Å². The van der Waals surface area contributed by atoms with E-state index in [9.17, 15) is 10.1 Å². The van der Waals surface area contributed by atoms with Gasteiger partial charge in [0.1, 0.15) is 6.61 Å². The number of pyridine rings is 1. The minimum Gasteiger partial charge on any atom is -0.476 e. The third-order valence-corrected chi connectivity index (χ3v) is 1.68. The maximum absolute atomic E-state index is 10.4. The largest absolute Gasteiger partial charge is 0.476 e. The van der Waals surface area contributed by atoms with Gasteiger partial charge in [0.05, 0.1) is 4.92 Å². The number of ether oxygens (including phenoxy) is 1. The summed E-state index contributed by atoms with van der Waals surface area (Å²) in [4.78, 5) is 13.6. The predicted octanol–water partition coefficient (Wildman–Crippen LogP) is 0.170. The average Bonchev–Trinajstić information content (AvgIpc) is 2.17. The molecular formula is C8H12N4O3. The molecule has 0 aliphatic carbocycles. The van der Waals surface area contributed by atoms with Crippen LogP contribution in [0.3, 0.4) is 0 Å². The highest BCUT2D eigenvalue weighted by Gasteiger charge is 2.12. The summed E-state index contributed by atoms with van der Waals surface area (Å²) in [6.45, 7) is 1.10. The molecule has 0 aliphatic heterocycles. The highest BCUT2D eigenvalue weighted by atomic mass is 16.6. The molecule has 0 saturated carbocycles. The molecule has 0 radical (unpaired) electrons. The quantitative estimate of drug-likeness (QED) is 0.409. The summed E-state index contributed by atoms with van der Waals surface area (Å²) in [7, 11) is 1.79. The first-order valence-corrected chi connectivity index (χ1v) is 4.33. The summed E-state index contributed by atoms with van der Waals surface area (Å²) in [6.07, 6.45) is 0. The lowest BCUT2D eigenvalue weighted by Crippen LogP contribution is -2.16. The van der Waals surface area contributed by atoms with Crippen LogP contribution in [-0.2, 0) is 0 Å². The van der Waals surface area contributed by atoms with Crippen molar-refractivity contribution in [2.75, 3.05) is 25.9 Å². The normalized spacial score (nSPS) is 9.93. The van der Waals surface area contributed by atoms with E-state index in [-0.39, 0.29) is 17.4 Å². The van der Waals surface area contributed by atoms with Crippen LogP contribution in [0.4, 0.5) is 11.5 Å². The first-order valence-electron chi connectivity index (χ1n) is 4.33. The number of hydrogen-bond acceptors (Lipinski definition) is 6. The third kappa shape index (κ3) is 3.06. The van der Waals surface area contributed by atoms with E-state index in [0.29, 0.717) is 13.2 Å². The Hall–Kier alpha value is -1.89. The summed E-state index contributed by atoms with van der Waals surface area (Å²) in [6, 6.07) is 2.70. The zero-order chi connectivity index (χ0) is 11.3. The molecule has 0 bridgehead atoms. The van der Waals surface area contributed by atoms with Crippen molar-refractivity contribution < 1.29 is 9.66 Å². The van der Waals surface area contributed by atoms with E-state index >= 15 is 0 Å². The van der Waals surface area contributed by atoms with Crippen LogP contribution in [-0.4, -0.2) is 30.1 Å². The highest BCUT2D eigenvalue weighted by molar-refractivity contribution is 5.53. The van der Waals surface area contributed by atoms with E-state index in [1.54, 1.807) is 7.05 Å². The van der Waals surface area contributed by atoms with Crippen LogP contribution in [0.5, 0.6) is 5.88 Å². The van der Waals surface area contributed by atoms with Gasteiger partial charge in [-0.3, -0.25) is 10.1 Å². The lowest BCUT2D eigenvalue weighted by molar-refractivity contribution is -0.384. The van der Waals surface area contributed by atoms with E-state index in [2.05, 4.69) is 10.3 Å². The van der Waals surface area contributed by atoms with Gasteiger partial charge in [0, 0.05) is 18.7 Å². The standard InChI is InChI=1S/C8H12N4O3/c1-10-4-5-15-7-3-2-6(12(13)14)8(9)11-7/h2-3,10H,4-5H2,1H3,(H2,9,11). The highest BCUT2D eigenvalue weighted by Crippen LogP contribution is 2.21. The fourth-order valence-corrected chi connectivity index (χ4v) is 0.941. The Bertz CT molecular complexity index is 356. The molecular weight excluding hydrogens is 200 g/mol. The van der Waals surface area contributed by atoms with Gasteiger partial charge in [-0.1, -0.05) is 0 Å². The van der Waals surface area contributed by atoms with Crippen LogP contribution in [0.1, 0.15) is 0 Å². The van der Waals surface area contributed by atoms with Crippen molar-refractivity contribution in [3.63, 3.8) is 0 Å². The molecule has 1 rings (SSSR count). The number of nitrogen functional groups attached to an aromatic ring is 1. The monoisotopic (exact) mass is 212 g/mol. The maximum atomic E-state index is 10.4. The molecule has 0 spiro atoms. The number of nitro groups is 1. The van der Waals surface area contributed by atoms with E-state index in [1.165, 1.54) is 12.1 Å². The molecule has 0 aromatic carbocycles. The topological polar surface area (TPSA) is 103 Å². The van der Waals surface area contributed by atoms with Crippen LogP contribution in [0, 0.1) is 10.1 Å². The van der Waals surface area contributed by atoms with Crippen molar-refractivity contribution in [3.8, 4) is 5.88 Å². The van der Waals surface area contributed by atoms with E-state index < -0.39 is 4.92 Å². The number of nitrogens with two attached hydrogens (primary N) is 1. The molecule has 1 heterocycles. The van der Waals surface area contributed by atoms with Crippen LogP contribution < -0.4 is 15.8 Å². The number of aromatic nitrogens is 1. The average molecular weight is 212 g/mol. The van der Waals surface area contributed by atoms with Gasteiger partial charge in [-0.2, -0.15) is 4.98 Å². The minimum absolute atomic E-state index is 0.137. The van der Waals surface area contributed by atoms with Crippen molar-refractivity contribution >= 4 is 11.5 Å². The van der Waals surface area contributed by atoms with Crippen LogP contribution in [0.15, 0.2) is 12.1 Å². The fraction of sp³-hybridized carbons (Fsp3) is 0.375. The second-order valence-electron chi connectivity index (χ2n) is 2.76. The zero-order valence-corrected chi connectivity index (χ0v) is 8.27. The van der Waals surface area contributed by atoms with Crippen molar-refractivity contribution in [1.29, 1.82) is 0 Å². The number of rotatable bonds is 5. The Morgan fingerprint density at radius 3 is 2.93 bits per heavy atom. The molecule has 1 aromatic heterocycles. The predicted molar refractivity (Wildman–Crippen MR) is 54.7 cm³/mol. The van der Waals surface area contributed by atoms with Gasteiger partial charge >= 0.3 is 5.69 Å². The van der Waals surface area contributed by atoms with Gasteiger partial charge < -0.3 is 15.8 Å². The van der Waals surface area contributed by atoms with Gasteiger partial charge in [0.2, 0.25) is 11.7 Å². The van der Waals surface area contributed by atoms with Gasteiger partial charge in [-0.25, -0.2) is 0 Å². The Morgan fingerprint density at radius 2 is 2.40 bits per heavy atom. The number of nitrogens with one attached hydrogen (secondary N) is 1. The van der Waals surface area contributed by atoms with Gasteiger partial charge in [0.25, 0.3) is 0 Å². The van der Waals surface area contributed by atoms with Gasteiger partial charge in [-0.05, 0) is 7.05 Å². The van der Waals surface area contributed by atoms with Crippen molar-refractivity contribution in [1.82, 2.24) is 10.3 Å². The molecule has 0 saturated heterocycles. The Morgan fingerprint density at radius 1 is 1.67 bits per heavy atom. The SMILES string of the molecule is CNCCOc1ccc([N+](=O)[O-])c(N)n1. The summed E-state index contributed by atoms with van der Waals surface area (Å²) >= 11 is 0. The number of anilines is 1. The minimum atomic E-state index is -0.584. The summed E-state index contributed by atoms with van der Waals surface area (Å²) in [5.41, 5.74) is 5.17. The molecule has 0 unspecified atom stereocenters. The van der Waals surface area contributed by atoms with Gasteiger partial charge in [-0.15, -0.1) is 0 Å². The third-order valence-electron chi connectivity index (χ3n) is 1.68. The Kier molecular flexibility index (Phi) is 3.81. The second-order valence-corrected chi connectivity index (χ2v) is 2.76. The fourth-order valence-electron chi connectivity index (χ4n) is 0.941. The Balaban J connectivity index is 2.69. The summed E-state index contributed by atoms with van der Waals surface area (Å²) in [5.74, 6) is 0.148. The molecule has 7 nitrogen and oxygen atoms in total. The first kappa shape index (κ1) is 11.2. The smallest absolute Gasteiger partial charge is 0.311 e. The number of nitrogens with zero attached hydrogens (tertiary/aromatic N) is 2. The molecule has 0 amide bonds. The van der Waals surface area contributed by atoms with Gasteiger partial charge in [0.15, 0.2) is 0 Å². The van der Waals surface area contributed by atoms with Crippen LogP contribution >= 0.6 is 0 Å². The molecule has 1 aromatic rings. The van der Waals surface area contributed by atoms with Crippen molar-refractivity contribution in [3.05, 3.63) is 22.2 Å². The van der Waals surface area contributed by atoms with Crippen molar-refractivity contribution in [2.45, 2.75) is 0 Å². The molecule has 3 N–H and O–H groups in total. The van der Waals surface area contributed by atoms with E-state index in [1.807, 2.05) is 0 Å². The molecule has 0 fully saturated rings. The lowest BCUT2D eigenvalue weighted by Gasteiger charge is -2.04. The second kappa shape index (κ2) is 5.11. The van der Waals surface area contributed by atoms with E-state index in [4.69, 9.17) is 10.5 Å².